The van der Waals surface area contributed by atoms with Crippen LogP contribution in [0.2, 0.25) is 5.02 Å². The van der Waals surface area contributed by atoms with Crippen LogP contribution in [-0.4, -0.2) is 35.5 Å². The van der Waals surface area contributed by atoms with Crippen molar-refractivity contribution < 1.29 is 24.0 Å². The fraction of sp³-hybridized carbons (Fsp3) is 0.400. The number of hydrogen-bond acceptors (Lipinski definition) is 6. The summed E-state index contributed by atoms with van der Waals surface area (Å²) in [6.07, 6.45) is 0.284. The van der Waals surface area contributed by atoms with Crippen LogP contribution in [0.1, 0.15) is 20.3 Å². The minimum absolute atomic E-state index is 0.0721. The first-order chi connectivity index (χ1) is 12.1. The van der Waals surface area contributed by atoms with E-state index in [0.29, 0.717) is 0 Å². The van der Waals surface area contributed by atoms with E-state index in [1.807, 2.05) is 13.8 Å². The van der Waals surface area contributed by atoms with Crippen molar-refractivity contribution in [1.29, 1.82) is 0 Å². The Morgan fingerprint density at radius 2 is 2.00 bits per heavy atom. The van der Waals surface area contributed by atoms with Crippen LogP contribution in [0.3, 0.4) is 0 Å². The van der Waals surface area contributed by atoms with Gasteiger partial charge in [0.1, 0.15) is 11.1 Å². The first-order valence-corrected chi connectivity index (χ1v) is 7.94. The quantitative estimate of drug-likeness (QED) is 0.351. The first-order valence-electron chi connectivity index (χ1n) is 7.56. The molecule has 0 radical (unpaired) electrons. The van der Waals surface area contributed by atoms with Crippen LogP contribution in [0.25, 0.3) is 0 Å². The monoisotopic (exact) mass is 386 g/mol. The third-order valence-electron chi connectivity index (χ3n) is 3.08. The van der Waals surface area contributed by atoms with Crippen LogP contribution < -0.4 is 16.4 Å². The lowest BCUT2D eigenvalue weighted by Crippen LogP contribution is -2.45. The Morgan fingerprint density at radius 3 is 2.54 bits per heavy atom. The third kappa shape index (κ3) is 6.93. The smallest absolute Gasteiger partial charge is 0.329 e. The normalized spacial score (nSPS) is 11.5. The predicted octanol–water partition coefficient (Wildman–Crippen LogP) is 1.81. The van der Waals surface area contributed by atoms with Crippen LogP contribution in [0, 0.1) is 16.0 Å². The van der Waals surface area contributed by atoms with E-state index in [1.165, 1.54) is 12.1 Å². The average molecular weight is 387 g/mol. The molecule has 1 unspecified atom stereocenters. The Kier molecular flexibility index (Phi) is 7.78. The summed E-state index contributed by atoms with van der Waals surface area (Å²) in [7, 11) is 0. The minimum atomic E-state index is -0.975. The van der Waals surface area contributed by atoms with E-state index in [9.17, 15) is 24.5 Å². The molecule has 1 atom stereocenters. The summed E-state index contributed by atoms with van der Waals surface area (Å²) in [6, 6.07) is 1.85. The Balaban J connectivity index is 2.65. The number of nitrogens with one attached hydrogen (secondary N) is 2. The number of anilines is 1. The number of carbonyl (C=O) groups is 3. The van der Waals surface area contributed by atoms with Crippen molar-refractivity contribution in [3.63, 3.8) is 0 Å². The number of amides is 3. The van der Waals surface area contributed by atoms with E-state index in [0.717, 1.165) is 6.07 Å². The van der Waals surface area contributed by atoms with Crippen LogP contribution in [0.15, 0.2) is 18.2 Å². The fourth-order valence-corrected chi connectivity index (χ4v) is 2.21. The van der Waals surface area contributed by atoms with Gasteiger partial charge in [-0.25, -0.2) is 9.59 Å². The topological polar surface area (TPSA) is 154 Å². The molecule has 0 spiro atoms. The summed E-state index contributed by atoms with van der Waals surface area (Å²) < 4.78 is 4.86. The SMILES string of the molecule is CC(C)CC(NC(N)=O)C(=O)OCC(=O)Nc1ccc(Cl)c([N+](=O)[O-])c1. The Morgan fingerprint density at radius 1 is 1.35 bits per heavy atom. The van der Waals surface area contributed by atoms with Gasteiger partial charge >= 0.3 is 12.0 Å². The summed E-state index contributed by atoms with van der Waals surface area (Å²) >= 11 is 5.68. The van der Waals surface area contributed by atoms with Gasteiger partial charge in [-0.3, -0.25) is 14.9 Å². The maximum Gasteiger partial charge on any atom is 0.329 e. The van der Waals surface area contributed by atoms with Gasteiger partial charge in [0, 0.05) is 11.8 Å². The summed E-state index contributed by atoms with van der Waals surface area (Å²) in [5.74, 6) is -1.45. The molecule has 10 nitrogen and oxygen atoms in total. The number of ether oxygens (including phenoxy) is 1. The van der Waals surface area contributed by atoms with Gasteiger partial charge < -0.3 is 21.1 Å². The van der Waals surface area contributed by atoms with Gasteiger partial charge in [-0.1, -0.05) is 25.4 Å². The van der Waals surface area contributed by atoms with Crippen molar-refractivity contribution in [1.82, 2.24) is 5.32 Å². The van der Waals surface area contributed by atoms with Gasteiger partial charge in [0.05, 0.1) is 4.92 Å². The highest BCUT2D eigenvalue weighted by atomic mass is 35.5. The number of nitrogens with zero attached hydrogens (tertiary/aromatic N) is 1. The number of carbonyl (C=O) groups excluding carboxylic acids is 3. The zero-order chi connectivity index (χ0) is 19.9. The van der Waals surface area contributed by atoms with Gasteiger partial charge in [0.25, 0.3) is 11.6 Å². The highest BCUT2D eigenvalue weighted by molar-refractivity contribution is 6.32. The lowest BCUT2D eigenvalue weighted by molar-refractivity contribution is -0.384. The van der Waals surface area contributed by atoms with Crippen molar-refractivity contribution in [2.24, 2.45) is 11.7 Å². The summed E-state index contributed by atoms with van der Waals surface area (Å²) in [6.45, 7) is 3.04. The molecule has 11 heteroatoms. The fourth-order valence-electron chi connectivity index (χ4n) is 2.02. The molecule has 142 valence electrons. The lowest BCUT2D eigenvalue weighted by Gasteiger charge is -2.18. The number of nitro groups is 1. The molecule has 0 saturated carbocycles. The molecule has 0 aliphatic rings. The van der Waals surface area contributed by atoms with Crippen molar-refractivity contribution >= 4 is 40.9 Å². The first kappa shape index (κ1) is 21.2. The molecule has 1 aromatic rings. The predicted molar refractivity (Wildman–Crippen MR) is 93.7 cm³/mol. The molecule has 0 fully saturated rings. The van der Waals surface area contributed by atoms with Gasteiger partial charge in [0.2, 0.25) is 0 Å². The number of hydrogen-bond donors (Lipinski definition) is 3. The van der Waals surface area contributed by atoms with Crippen LogP contribution >= 0.6 is 11.6 Å². The zero-order valence-electron chi connectivity index (χ0n) is 14.2. The standard InChI is InChI=1S/C15H19ClN4O6/c1-8(2)5-11(19-15(17)23)14(22)26-7-13(21)18-9-3-4-10(16)12(6-9)20(24)25/h3-4,6,8,11H,5,7H2,1-2H3,(H,18,21)(H3,17,19,23). The number of urea groups is 1. The number of benzene rings is 1. The Bertz CT molecular complexity index is 709. The van der Waals surface area contributed by atoms with Crippen LogP contribution in [0.5, 0.6) is 0 Å². The molecule has 1 aromatic carbocycles. The molecule has 0 bridgehead atoms. The van der Waals surface area contributed by atoms with Crippen molar-refractivity contribution in [2.75, 3.05) is 11.9 Å². The summed E-state index contributed by atoms with van der Waals surface area (Å²) in [5.41, 5.74) is 4.76. The third-order valence-corrected chi connectivity index (χ3v) is 3.40. The number of nitrogens with two attached hydrogens (primary N) is 1. The average Bonchev–Trinajstić information content (AvgIpc) is 2.52. The zero-order valence-corrected chi connectivity index (χ0v) is 14.9. The van der Waals surface area contributed by atoms with Gasteiger partial charge in [0.15, 0.2) is 6.61 Å². The molecule has 0 aliphatic heterocycles. The van der Waals surface area contributed by atoms with E-state index < -0.39 is 35.5 Å². The van der Waals surface area contributed by atoms with E-state index in [-0.39, 0.29) is 28.7 Å². The molecule has 0 aliphatic carbocycles. The largest absolute Gasteiger partial charge is 0.454 e. The maximum absolute atomic E-state index is 12.0. The number of rotatable bonds is 8. The minimum Gasteiger partial charge on any atom is -0.454 e. The Labute approximate surface area is 154 Å². The van der Waals surface area contributed by atoms with Gasteiger partial charge in [-0.05, 0) is 24.5 Å². The number of esters is 1. The van der Waals surface area contributed by atoms with Gasteiger partial charge in [-0.2, -0.15) is 0 Å². The highest BCUT2D eigenvalue weighted by Gasteiger charge is 2.23. The second kappa shape index (κ2) is 9.56. The van der Waals surface area contributed by atoms with Crippen molar-refractivity contribution in [3.8, 4) is 0 Å². The van der Waals surface area contributed by atoms with Crippen molar-refractivity contribution in [3.05, 3.63) is 33.3 Å². The second-order valence-corrected chi connectivity index (χ2v) is 6.18. The summed E-state index contributed by atoms with van der Waals surface area (Å²) in [4.78, 5) is 44.9. The molecular weight excluding hydrogens is 368 g/mol. The highest BCUT2D eigenvalue weighted by Crippen LogP contribution is 2.27. The molecule has 0 aromatic heterocycles. The van der Waals surface area contributed by atoms with E-state index >= 15 is 0 Å². The molecule has 4 N–H and O–H groups in total. The van der Waals surface area contributed by atoms with Gasteiger partial charge in [-0.15, -0.1) is 0 Å². The molecular formula is C15H19ClN4O6. The molecule has 1 rings (SSSR count). The molecule has 3 amide bonds. The maximum atomic E-state index is 12.0. The Hall–Kier alpha value is -2.88. The number of primary amides is 1. The van der Waals surface area contributed by atoms with Crippen LogP contribution in [-0.2, 0) is 14.3 Å². The number of nitro benzene ring substituents is 1. The lowest BCUT2D eigenvalue weighted by atomic mass is 10.0. The van der Waals surface area contributed by atoms with E-state index in [1.54, 1.807) is 0 Å². The van der Waals surface area contributed by atoms with E-state index in [2.05, 4.69) is 10.6 Å². The molecule has 26 heavy (non-hydrogen) atoms. The van der Waals surface area contributed by atoms with E-state index in [4.69, 9.17) is 22.1 Å². The molecule has 0 saturated heterocycles. The molecule has 0 heterocycles. The van der Waals surface area contributed by atoms with Crippen molar-refractivity contribution in [2.45, 2.75) is 26.3 Å². The van der Waals surface area contributed by atoms with Crippen LogP contribution in [0.4, 0.5) is 16.2 Å². The summed E-state index contributed by atoms with van der Waals surface area (Å²) in [5, 5.41) is 15.3. The number of halogens is 1. The second-order valence-electron chi connectivity index (χ2n) is 5.77.